The van der Waals surface area contributed by atoms with Crippen LogP contribution in [0.3, 0.4) is 0 Å². The van der Waals surface area contributed by atoms with E-state index in [-0.39, 0.29) is 0 Å². The van der Waals surface area contributed by atoms with Crippen LogP contribution in [0.1, 0.15) is 32.6 Å². The molecule has 1 saturated carbocycles. The Hall–Kier alpha value is -0.960. The molecule has 2 saturated heterocycles. The van der Waals surface area contributed by atoms with Crippen LogP contribution < -0.4 is 4.90 Å². The predicted molar refractivity (Wildman–Crippen MR) is 71.2 cm³/mol. The van der Waals surface area contributed by atoms with Crippen molar-refractivity contribution in [1.82, 2.24) is 9.47 Å². The highest BCUT2D eigenvalue weighted by molar-refractivity contribution is 5.43. The molecule has 3 aliphatic rings. The molecule has 1 aromatic heterocycles. The predicted octanol–water partition coefficient (Wildman–Crippen LogP) is 2.43. The smallest absolute Gasteiger partial charge is 0.109 e. The van der Waals surface area contributed by atoms with Crippen molar-refractivity contribution in [1.29, 1.82) is 0 Å². The van der Waals surface area contributed by atoms with Crippen LogP contribution in [0.2, 0.25) is 0 Å². The summed E-state index contributed by atoms with van der Waals surface area (Å²) in [7, 11) is 4.44. The number of anilines is 1. The number of nitrogens with zero attached hydrogens (tertiary/aromatic N) is 3. The van der Waals surface area contributed by atoms with E-state index in [9.17, 15) is 0 Å². The van der Waals surface area contributed by atoms with E-state index in [1.165, 1.54) is 31.5 Å². The lowest BCUT2D eigenvalue weighted by molar-refractivity contribution is 0.184. The van der Waals surface area contributed by atoms with Gasteiger partial charge in [0.05, 0.1) is 6.17 Å². The van der Waals surface area contributed by atoms with Crippen molar-refractivity contribution in [3.8, 4) is 0 Å². The zero-order valence-corrected chi connectivity index (χ0v) is 11.1. The van der Waals surface area contributed by atoms with Crippen molar-refractivity contribution in [2.45, 2.75) is 50.9 Å². The third-order valence-corrected chi connectivity index (χ3v) is 4.81. The molecule has 1 aliphatic carbocycles. The Morgan fingerprint density at radius 3 is 2.29 bits per heavy atom. The summed E-state index contributed by atoms with van der Waals surface area (Å²) in [6.07, 6.45) is 8.11. The van der Waals surface area contributed by atoms with Gasteiger partial charge in [0.2, 0.25) is 0 Å². The highest BCUT2D eigenvalue weighted by atomic mass is 15.4. The van der Waals surface area contributed by atoms with E-state index in [0.717, 1.165) is 12.1 Å². The molecule has 1 atom stereocenters. The van der Waals surface area contributed by atoms with Gasteiger partial charge in [0.25, 0.3) is 0 Å². The van der Waals surface area contributed by atoms with Crippen molar-refractivity contribution >= 4 is 5.82 Å². The van der Waals surface area contributed by atoms with E-state index in [1.54, 1.807) is 0 Å². The number of fused-ring (bicyclic) bond motifs is 4. The van der Waals surface area contributed by atoms with Crippen molar-refractivity contribution in [2.75, 3.05) is 11.9 Å². The van der Waals surface area contributed by atoms with Gasteiger partial charge < -0.3 is 9.47 Å². The molecule has 2 bridgehead atoms. The van der Waals surface area contributed by atoms with Gasteiger partial charge in [-0.15, -0.1) is 0 Å². The van der Waals surface area contributed by atoms with E-state index >= 15 is 0 Å². The molecule has 0 N–H and O–H groups in total. The number of aryl methyl sites for hydroxylation is 1. The first-order chi connectivity index (χ1) is 8.18. The lowest BCUT2D eigenvalue weighted by Crippen LogP contribution is -2.47. The summed E-state index contributed by atoms with van der Waals surface area (Å²) in [6, 6.07) is 5.94. The quantitative estimate of drug-likeness (QED) is 0.738. The van der Waals surface area contributed by atoms with Gasteiger partial charge in [-0.3, -0.25) is 4.90 Å². The van der Waals surface area contributed by atoms with Crippen LogP contribution in [-0.4, -0.2) is 34.8 Å². The van der Waals surface area contributed by atoms with Gasteiger partial charge in [-0.1, -0.05) is 0 Å². The lowest BCUT2D eigenvalue weighted by Gasteiger charge is -2.38. The minimum atomic E-state index is 0.517. The Morgan fingerprint density at radius 2 is 1.71 bits per heavy atom. The molecule has 2 aliphatic heterocycles. The van der Waals surface area contributed by atoms with Crippen molar-refractivity contribution < 1.29 is 0 Å². The third-order valence-electron chi connectivity index (χ3n) is 4.81. The molecule has 17 heavy (non-hydrogen) atoms. The molecule has 0 unspecified atom stereocenters. The fourth-order valence-electron chi connectivity index (χ4n) is 3.65. The monoisotopic (exact) mass is 233 g/mol. The zero-order valence-electron chi connectivity index (χ0n) is 11.1. The van der Waals surface area contributed by atoms with Crippen LogP contribution in [0.15, 0.2) is 18.3 Å². The van der Waals surface area contributed by atoms with Crippen molar-refractivity contribution in [3.05, 3.63) is 18.3 Å². The Morgan fingerprint density at radius 1 is 1.06 bits per heavy atom. The SMILES string of the molecule is C[C@H]1N(C)C2CCC(CC2)N1c1cccn1C. The molecule has 0 aromatic carbocycles. The van der Waals surface area contributed by atoms with Crippen molar-refractivity contribution in [2.24, 2.45) is 7.05 Å². The Balaban J connectivity index is 1.99. The van der Waals surface area contributed by atoms with Crippen LogP contribution >= 0.6 is 0 Å². The standard InChI is InChI=1S/C14H23N3/c1-11-16(3)12-6-8-13(9-7-12)17(11)14-5-4-10-15(14)2/h4-5,10-13H,6-9H2,1-3H3/t11-,12?,13?/m0/s1. The summed E-state index contributed by atoms with van der Waals surface area (Å²) in [4.78, 5) is 5.20. The fraction of sp³-hybridized carbons (Fsp3) is 0.714. The second-order valence-corrected chi connectivity index (χ2v) is 5.64. The average molecular weight is 233 g/mol. The summed E-state index contributed by atoms with van der Waals surface area (Å²) in [5.41, 5.74) is 0. The fourth-order valence-corrected chi connectivity index (χ4v) is 3.65. The number of aromatic nitrogens is 1. The summed E-state index contributed by atoms with van der Waals surface area (Å²) in [5, 5.41) is 0. The normalized spacial score (nSPS) is 34.1. The molecule has 0 amide bonds. The van der Waals surface area contributed by atoms with Gasteiger partial charge in [0.15, 0.2) is 0 Å². The molecule has 4 rings (SSSR count). The second kappa shape index (κ2) is 4.05. The Bertz CT molecular complexity index is 390. The van der Waals surface area contributed by atoms with Crippen LogP contribution in [-0.2, 0) is 7.05 Å². The number of hydrogen-bond acceptors (Lipinski definition) is 2. The third kappa shape index (κ3) is 1.68. The summed E-state index contributed by atoms with van der Waals surface area (Å²) < 4.78 is 2.25. The summed E-state index contributed by atoms with van der Waals surface area (Å²) >= 11 is 0. The van der Waals surface area contributed by atoms with E-state index in [4.69, 9.17) is 0 Å². The second-order valence-electron chi connectivity index (χ2n) is 5.64. The molecular weight excluding hydrogens is 210 g/mol. The minimum absolute atomic E-state index is 0.517. The molecular formula is C14H23N3. The maximum Gasteiger partial charge on any atom is 0.109 e. The molecule has 3 fully saturated rings. The lowest BCUT2D eigenvalue weighted by atomic mass is 9.91. The Labute approximate surface area is 104 Å². The summed E-state index contributed by atoms with van der Waals surface area (Å²) in [6.45, 7) is 2.35. The maximum absolute atomic E-state index is 2.63. The van der Waals surface area contributed by atoms with Gasteiger partial charge in [-0.25, -0.2) is 0 Å². The molecule has 94 valence electrons. The highest BCUT2D eigenvalue weighted by Gasteiger charge is 2.38. The molecule has 3 nitrogen and oxygen atoms in total. The molecule has 1 aromatic rings. The minimum Gasteiger partial charge on any atom is -0.340 e. The van der Waals surface area contributed by atoms with Gasteiger partial charge in [0.1, 0.15) is 5.82 Å². The first-order valence-corrected chi connectivity index (χ1v) is 6.80. The van der Waals surface area contributed by atoms with E-state index < -0.39 is 0 Å². The van der Waals surface area contributed by atoms with Gasteiger partial charge in [-0.05, 0) is 51.8 Å². The van der Waals surface area contributed by atoms with Crippen LogP contribution in [0, 0.1) is 0 Å². The van der Waals surface area contributed by atoms with Crippen LogP contribution in [0.5, 0.6) is 0 Å². The van der Waals surface area contributed by atoms with Gasteiger partial charge in [-0.2, -0.15) is 0 Å². The molecule has 3 heteroatoms. The molecule has 0 radical (unpaired) electrons. The Kier molecular flexibility index (Phi) is 2.66. The zero-order chi connectivity index (χ0) is 12.0. The van der Waals surface area contributed by atoms with E-state index in [0.29, 0.717) is 6.17 Å². The van der Waals surface area contributed by atoms with Gasteiger partial charge >= 0.3 is 0 Å². The topological polar surface area (TPSA) is 11.4 Å². The first kappa shape index (κ1) is 11.1. The van der Waals surface area contributed by atoms with E-state index in [1.807, 2.05) is 0 Å². The molecule has 0 spiro atoms. The first-order valence-electron chi connectivity index (χ1n) is 6.80. The maximum atomic E-state index is 2.63. The van der Waals surface area contributed by atoms with Crippen LogP contribution in [0.25, 0.3) is 0 Å². The number of hydrogen-bond donors (Lipinski definition) is 0. The van der Waals surface area contributed by atoms with E-state index in [2.05, 4.69) is 53.7 Å². The average Bonchev–Trinajstić information content (AvgIpc) is 2.67. The van der Waals surface area contributed by atoms with Crippen molar-refractivity contribution in [3.63, 3.8) is 0 Å². The summed E-state index contributed by atoms with van der Waals surface area (Å²) in [5.74, 6) is 1.37. The highest BCUT2D eigenvalue weighted by Crippen LogP contribution is 2.36. The number of rotatable bonds is 1. The van der Waals surface area contributed by atoms with Crippen LogP contribution in [0.4, 0.5) is 5.82 Å². The molecule has 3 heterocycles. The van der Waals surface area contributed by atoms with Gasteiger partial charge in [0, 0.05) is 25.3 Å². The largest absolute Gasteiger partial charge is 0.340 e.